The largest absolute Gasteiger partial charge is 0.370 e. The smallest absolute Gasteiger partial charge is 0.133 e. The fraction of sp³-hybridized carbons (Fsp3) is 0.412. The van der Waals surface area contributed by atoms with E-state index in [1.807, 2.05) is 0 Å². The predicted octanol–water partition coefficient (Wildman–Crippen LogP) is 4.38. The molecule has 0 atom stereocenters. The third-order valence-electron chi connectivity index (χ3n) is 3.27. The van der Waals surface area contributed by atoms with Gasteiger partial charge in [0.15, 0.2) is 0 Å². The minimum atomic E-state index is 0.858. The lowest BCUT2D eigenvalue weighted by molar-refractivity contribution is 0.870. The van der Waals surface area contributed by atoms with Crippen LogP contribution in [0.4, 0.5) is 5.82 Å². The molecule has 0 aliphatic carbocycles. The minimum absolute atomic E-state index is 0.858. The zero-order valence-corrected chi connectivity index (χ0v) is 14.0. The first kappa shape index (κ1) is 15.8. The van der Waals surface area contributed by atoms with Crippen LogP contribution in [0.15, 0.2) is 29.3 Å². The summed E-state index contributed by atoms with van der Waals surface area (Å²) in [4.78, 5) is 9.26. The van der Waals surface area contributed by atoms with E-state index >= 15 is 0 Å². The van der Waals surface area contributed by atoms with Crippen molar-refractivity contribution < 1.29 is 0 Å². The third kappa shape index (κ3) is 4.21. The Morgan fingerprint density at radius 2 is 1.95 bits per heavy atom. The molecule has 1 N–H and O–H groups in total. The molecule has 3 nitrogen and oxygen atoms in total. The molecule has 1 aromatic heterocycles. The van der Waals surface area contributed by atoms with Crippen LogP contribution in [0.3, 0.4) is 0 Å². The summed E-state index contributed by atoms with van der Waals surface area (Å²) in [6.45, 7) is 9.28. The van der Waals surface area contributed by atoms with E-state index in [9.17, 15) is 0 Å². The van der Waals surface area contributed by atoms with Crippen LogP contribution in [0.1, 0.15) is 36.4 Å². The first-order valence-electron chi connectivity index (χ1n) is 7.43. The summed E-state index contributed by atoms with van der Waals surface area (Å²) in [5.74, 6) is 2.81. The fourth-order valence-electron chi connectivity index (χ4n) is 2.13. The quantitative estimate of drug-likeness (QED) is 0.634. The van der Waals surface area contributed by atoms with E-state index in [0.29, 0.717) is 0 Å². The number of benzene rings is 1. The first-order valence-corrected chi connectivity index (χ1v) is 8.42. The number of hydrogen-bond donors (Lipinski definition) is 1. The van der Waals surface area contributed by atoms with Crippen LogP contribution in [0.5, 0.6) is 0 Å². The fourth-order valence-corrected chi connectivity index (χ4v) is 3.10. The van der Waals surface area contributed by atoms with Gasteiger partial charge in [-0.05, 0) is 26.3 Å². The van der Waals surface area contributed by atoms with Crippen molar-refractivity contribution in [1.82, 2.24) is 9.97 Å². The van der Waals surface area contributed by atoms with Crippen LogP contribution in [-0.2, 0) is 12.2 Å². The first-order chi connectivity index (χ1) is 10.1. The van der Waals surface area contributed by atoms with Gasteiger partial charge in [0, 0.05) is 24.3 Å². The maximum absolute atomic E-state index is 4.68. The van der Waals surface area contributed by atoms with Crippen LogP contribution in [0.25, 0.3) is 0 Å². The Labute approximate surface area is 131 Å². The lowest BCUT2D eigenvalue weighted by Gasteiger charge is -2.12. The van der Waals surface area contributed by atoms with Crippen molar-refractivity contribution in [3.8, 4) is 0 Å². The Morgan fingerprint density at radius 3 is 2.62 bits per heavy atom. The molecule has 0 saturated carbocycles. The van der Waals surface area contributed by atoms with E-state index in [2.05, 4.69) is 67.2 Å². The molecule has 2 rings (SSSR count). The second-order valence-electron chi connectivity index (χ2n) is 5.08. The van der Waals surface area contributed by atoms with Crippen LogP contribution in [-0.4, -0.2) is 16.5 Å². The number of hydrogen-bond acceptors (Lipinski definition) is 4. The number of aryl methyl sites for hydroxylation is 2. The van der Waals surface area contributed by atoms with Crippen molar-refractivity contribution in [3.63, 3.8) is 0 Å². The van der Waals surface area contributed by atoms with Gasteiger partial charge in [0.1, 0.15) is 16.7 Å². The van der Waals surface area contributed by atoms with E-state index in [-0.39, 0.29) is 0 Å². The average molecular weight is 301 g/mol. The lowest BCUT2D eigenvalue weighted by Crippen LogP contribution is -2.07. The number of anilines is 1. The number of thioether (sulfide) groups is 1. The summed E-state index contributed by atoms with van der Waals surface area (Å²) in [7, 11) is 0. The van der Waals surface area contributed by atoms with Crippen LogP contribution in [0.2, 0.25) is 0 Å². The minimum Gasteiger partial charge on any atom is -0.370 e. The molecule has 1 aromatic carbocycles. The molecule has 112 valence electrons. The van der Waals surface area contributed by atoms with Crippen molar-refractivity contribution in [2.75, 3.05) is 11.9 Å². The summed E-state index contributed by atoms with van der Waals surface area (Å²) in [6.07, 6.45) is 0.858. The van der Waals surface area contributed by atoms with E-state index in [1.165, 1.54) is 11.1 Å². The normalized spacial score (nSPS) is 10.7. The number of aromatic nitrogens is 2. The molecule has 0 saturated heterocycles. The number of nitrogens with one attached hydrogen (secondary N) is 1. The Kier molecular flexibility index (Phi) is 5.62. The number of rotatable bonds is 6. The van der Waals surface area contributed by atoms with E-state index in [4.69, 9.17) is 0 Å². The Morgan fingerprint density at radius 1 is 1.14 bits per heavy atom. The van der Waals surface area contributed by atoms with Gasteiger partial charge in [-0.2, -0.15) is 0 Å². The van der Waals surface area contributed by atoms with Crippen LogP contribution >= 0.6 is 11.8 Å². The standard InChI is InChI=1S/C17H23N3S/c1-5-15-19-16(18-6-2)13(4)17(20-15)21-11-14-9-7-8-12(3)10-14/h7-10H,5-6,11H2,1-4H3,(H,18,19,20). The molecule has 1 heterocycles. The maximum Gasteiger partial charge on any atom is 0.133 e. The van der Waals surface area contributed by atoms with Crippen molar-refractivity contribution in [2.24, 2.45) is 0 Å². The molecule has 0 unspecified atom stereocenters. The number of nitrogens with zero attached hydrogens (tertiary/aromatic N) is 2. The maximum atomic E-state index is 4.68. The monoisotopic (exact) mass is 301 g/mol. The average Bonchev–Trinajstić information content (AvgIpc) is 2.48. The summed E-state index contributed by atoms with van der Waals surface area (Å²) in [6, 6.07) is 8.64. The van der Waals surface area contributed by atoms with Gasteiger partial charge in [-0.3, -0.25) is 0 Å². The third-order valence-corrected chi connectivity index (χ3v) is 4.41. The van der Waals surface area contributed by atoms with Crippen molar-refractivity contribution in [2.45, 2.75) is 44.9 Å². The highest BCUT2D eigenvalue weighted by atomic mass is 32.2. The second kappa shape index (κ2) is 7.46. The second-order valence-corrected chi connectivity index (χ2v) is 6.04. The highest BCUT2D eigenvalue weighted by Crippen LogP contribution is 2.28. The van der Waals surface area contributed by atoms with Gasteiger partial charge < -0.3 is 5.32 Å². The zero-order chi connectivity index (χ0) is 15.2. The predicted molar refractivity (Wildman–Crippen MR) is 91.1 cm³/mol. The summed E-state index contributed by atoms with van der Waals surface area (Å²) >= 11 is 1.79. The highest BCUT2D eigenvalue weighted by Gasteiger charge is 2.10. The molecule has 0 fully saturated rings. The summed E-state index contributed by atoms with van der Waals surface area (Å²) < 4.78 is 0. The molecule has 0 spiro atoms. The van der Waals surface area contributed by atoms with Crippen LogP contribution < -0.4 is 5.32 Å². The molecular weight excluding hydrogens is 278 g/mol. The SMILES string of the molecule is CCNc1nc(CC)nc(SCc2cccc(C)c2)c1C. The van der Waals surface area contributed by atoms with Crippen molar-refractivity contribution in [1.29, 1.82) is 0 Å². The van der Waals surface area contributed by atoms with Gasteiger partial charge in [0.25, 0.3) is 0 Å². The topological polar surface area (TPSA) is 37.8 Å². The summed E-state index contributed by atoms with van der Waals surface area (Å²) in [5, 5.41) is 4.42. The van der Waals surface area contributed by atoms with E-state index in [1.54, 1.807) is 11.8 Å². The van der Waals surface area contributed by atoms with Gasteiger partial charge in [0.2, 0.25) is 0 Å². The molecule has 21 heavy (non-hydrogen) atoms. The molecule has 4 heteroatoms. The van der Waals surface area contributed by atoms with E-state index in [0.717, 1.165) is 41.0 Å². The Hall–Kier alpha value is -1.55. The molecular formula is C17H23N3S. The van der Waals surface area contributed by atoms with Gasteiger partial charge >= 0.3 is 0 Å². The van der Waals surface area contributed by atoms with Crippen LogP contribution in [0, 0.1) is 13.8 Å². The summed E-state index contributed by atoms with van der Waals surface area (Å²) in [5.41, 5.74) is 3.78. The van der Waals surface area contributed by atoms with Gasteiger partial charge in [0.05, 0.1) is 0 Å². The molecule has 0 amide bonds. The Balaban J connectivity index is 2.20. The van der Waals surface area contributed by atoms with Gasteiger partial charge in [-0.15, -0.1) is 11.8 Å². The van der Waals surface area contributed by atoms with E-state index < -0.39 is 0 Å². The molecule has 2 aromatic rings. The molecule has 0 radical (unpaired) electrons. The van der Waals surface area contributed by atoms with Crippen molar-refractivity contribution >= 4 is 17.6 Å². The zero-order valence-electron chi connectivity index (χ0n) is 13.2. The molecule has 0 aliphatic heterocycles. The van der Waals surface area contributed by atoms with Gasteiger partial charge in [-0.1, -0.05) is 36.8 Å². The highest BCUT2D eigenvalue weighted by molar-refractivity contribution is 7.98. The molecule has 0 aliphatic rings. The van der Waals surface area contributed by atoms with Gasteiger partial charge in [-0.25, -0.2) is 9.97 Å². The molecule has 0 bridgehead atoms. The lowest BCUT2D eigenvalue weighted by atomic mass is 10.2. The van der Waals surface area contributed by atoms with Crippen molar-refractivity contribution in [3.05, 3.63) is 46.8 Å². The Bertz CT molecular complexity index is 611.